The molecule has 0 fully saturated rings. The molecule has 0 saturated heterocycles. The molecule has 2 heterocycles. The SMILES string of the molecule is CCCCCCc1ccc(C2=NC=C3C=NC=C32)cc1. The largest absolute Gasteiger partial charge is 0.263 e. The molecule has 0 bridgehead atoms. The molecule has 2 heteroatoms. The lowest BCUT2D eigenvalue weighted by atomic mass is 9.98. The first-order chi connectivity index (χ1) is 9.88. The van der Waals surface area contributed by atoms with Crippen LogP contribution >= 0.6 is 0 Å². The second-order valence-corrected chi connectivity index (χ2v) is 5.39. The van der Waals surface area contributed by atoms with Crippen LogP contribution in [0.15, 0.2) is 57.8 Å². The lowest BCUT2D eigenvalue weighted by Crippen LogP contribution is -2.02. The van der Waals surface area contributed by atoms with E-state index in [9.17, 15) is 0 Å². The number of aliphatic imine (C=N–C) groups is 2. The Kier molecular flexibility index (Phi) is 3.91. The van der Waals surface area contributed by atoms with Crippen LogP contribution in [0.25, 0.3) is 0 Å². The van der Waals surface area contributed by atoms with Gasteiger partial charge in [-0.3, -0.25) is 9.98 Å². The lowest BCUT2D eigenvalue weighted by Gasteiger charge is -2.05. The van der Waals surface area contributed by atoms with E-state index in [0.29, 0.717) is 0 Å². The van der Waals surface area contributed by atoms with E-state index < -0.39 is 0 Å². The molecule has 0 unspecified atom stereocenters. The Morgan fingerprint density at radius 2 is 1.80 bits per heavy atom. The van der Waals surface area contributed by atoms with E-state index in [2.05, 4.69) is 41.2 Å². The summed E-state index contributed by atoms with van der Waals surface area (Å²) in [5, 5.41) is 0. The molecule has 2 nitrogen and oxygen atoms in total. The van der Waals surface area contributed by atoms with Crippen LogP contribution < -0.4 is 0 Å². The molecule has 0 amide bonds. The highest BCUT2D eigenvalue weighted by atomic mass is 14.8. The van der Waals surface area contributed by atoms with Crippen molar-refractivity contribution in [1.29, 1.82) is 0 Å². The molecule has 0 N–H and O–H groups in total. The molecular formula is C18H20N2. The Morgan fingerprint density at radius 3 is 2.60 bits per heavy atom. The van der Waals surface area contributed by atoms with Crippen LogP contribution in [-0.2, 0) is 6.42 Å². The number of unbranched alkanes of at least 4 members (excludes halogenated alkanes) is 3. The molecule has 102 valence electrons. The zero-order chi connectivity index (χ0) is 13.8. The summed E-state index contributed by atoms with van der Waals surface area (Å²) in [7, 11) is 0. The first-order valence-corrected chi connectivity index (χ1v) is 7.50. The van der Waals surface area contributed by atoms with Crippen molar-refractivity contribution in [3.8, 4) is 0 Å². The zero-order valence-electron chi connectivity index (χ0n) is 12.0. The highest BCUT2D eigenvalue weighted by Crippen LogP contribution is 2.26. The minimum Gasteiger partial charge on any atom is -0.263 e. The first-order valence-electron chi connectivity index (χ1n) is 7.50. The van der Waals surface area contributed by atoms with E-state index in [1.165, 1.54) is 43.2 Å². The number of fused-ring (bicyclic) bond motifs is 1. The minimum atomic E-state index is 1.05. The van der Waals surface area contributed by atoms with Gasteiger partial charge in [-0.05, 0) is 18.4 Å². The average Bonchev–Trinajstić information content (AvgIpc) is 3.07. The quantitative estimate of drug-likeness (QED) is 0.677. The predicted octanol–water partition coefficient (Wildman–Crippen LogP) is 4.46. The number of aryl methyl sites for hydroxylation is 1. The summed E-state index contributed by atoms with van der Waals surface area (Å²) < 4.78 is 0. The standard InChI is InChI=1S/C18H20N2/c1-2-3-4-5-6-14-7-9-15(10-8-14)18-17-13-19-11-16(17)12-20-18/h7-13H,2-6H2,1H3. The maximum atomic E-state index is 4.50. The second-order valence-electron chi connectivity index (χ2n) is 5.39. The van der Waals surface area contributed by atoms with Gasteiger partial charge in [-0.2, -0.15) is 0 Å². The highest BCUT2D eigenvalue weighted by Gasteiger charge is 2.20. The molecular weight excluding hydrogens is 244 g/mol. The van der Waals surface area contributed by atoms with Crippen molar-refractivity contribution in [2.75, 3.05) is 0 Å². The number of nitrogens with zero attached hydrogens (tertiary/aromatic N) is 2. The molecule has 0 saturated carbocycles. The Bertz CT molecular complexity index is 601. The molecule has 20 heavy (non-hydrogen) atoms. The van der Waals surface area contributed by atoms with Gasteiger partial charge in [0, 0.05) is 35.3 Å². The van der Waals surface area contributed by atoms with Crippen LogP contribution in [0.5, 0.6) is 0 Å². The fourth-order valence-corrected chi connectivity index (χ4v) is 2.66. The fraction of sp³-hybridized carbons (Fsp3) is 0.333. The number of hydrogen-bond acceptors (Lipinski definition) is 2. The molecule has 1 aromatic rings. The van der Waals surface area contributed by atoms with Gasteiger partial charge in [0.1, 0.15) is 0 Å². The normalized spacial score (nSPS) is 15.9. The summed E-state index contributed by atoms with van der Waals surface area (Å²) in [5.41, 5.74) is 5.94. The van der Waals surface area contributed by atoms with E-state index in [-0.39, 0.29) is 0 Å². The number of rotatable bonds is 6. The Morgan fingerprint density at radius 1 is 0.950 bits per heavy atom. The topological polar surface area (TPSA) is 24.7 Å². The molecule has 0 aliphatic carbocycles. The van der Waals surface area contributed by atoms with Crippen LogP contribution in [0, 0.1) is 0 Å². The molecule has 2 aliphatic rings. The van der Waals surface area contributed by atoms with Crippen molar-refractivity contribution >= 4 is 11.9 Å². The smallest absolute Gasteiger partial charge is 0.0797 e. The van der Waals surface area contributed by atoms with Crippen LogP contribution in [0.3, 0.4) is 0 Å². The van der Waals surface area contributed by atoms with E-state index in [4.69, 9.17) is 0 Å². The van der Waals surface area contributed by atoms with Crippen LogP contribution in [0.2, 0.25) is 0 Å². The van der Waals surface area contributed by atoms with Crippen LogP contribution in [0.4, 0.5) is 0 Å². The third kappa shape index (κ3) is 2.64. The summed E-state index contributed by atoms with van der Waals surface area (Å²) in [6.45, 7) is 2.25. The Balaban J connectivity index is 1.63. The predicted molar refractivity (Wildman–Crippen MR) is 85.5 cm³/mol. The zero-order valence-corrected chi connectivity index (χ0v) is 12.0. The van der Waals surface area contributed by atoms with Crippen molar-refractivity contribution < 1.29 is 0 Å². The summed E-state index contributed by atoms with van der Waals surface area (Å²) in [5.74, 6) is 0. The molecule has 0 radical (unpaired) electrons. The first kappa shape index (κ1) is 13.0. The van der Waals surface area contributed by atoms with Gasteiger partial charge >= 0.3 is 0 Å². The molecule has 0 atom stereocenters. The third-order valence-corrected chi connectivity index (χ3v) is 3.86. The number of allylic oxidation sites excluding steroid dienone is 2. The monoisotopic (exact) mass is 264 g/mol. The average molecular weight is 264 g/mol. The fourth-order valence-electron chi connectivity index (χ4n) is 2.66. The summed E-state index contributed by atoms with van der Waals surface area (Å²) >= 11 is 0. The molecule has 2 aliphatic heterocycles. The van der Waals surface area contributed by atoms with Crippen LogP contribution in [0.1, 0.15) is 43.7 Å². The van der Waals surface area contributed by atoms with E-state index >= 15 is 0 Å². The summed E-state index contributed by atoms with van der Waals surface area (Å²) in [6.07, 6.45) is 12.1. The van der Waals surface area contributed by atoms with Crippen molar-refractivity contribution in [2.45, 2.75) is 39.0 Å². The van der Waals surface area contributed by atoms with E-state index in [0.717, 1.165) is 16.9 Å². The molecule has 0 aromatic heterocycles. The lowest BCUT2D eigenvalue weighted by molar-refractivity contribution is 0.667. The van der Waals surface area contributed by atoms with Crippen molar-refractivity contribution in [2.24, 2.45) is 9.98 Å². The number of hydrogen-bond donors (Lipinski definition) is 0. The van der Waals surface area contributed by atoms with Gasteiger partial charge in [0.15, 0.2) is 0 Å². The maximum Gasteiger partial charge on any atom is 0.0797 e. The van der Waals surface area contributed by atoms with Gasteiger partial charge < -0.3 is 0 Å². The molecule has 3 rings (SSSR count). The third-order valence-electron chi connectivity index (χ3n) is 3.86. The minimum absolute atomic E-state index is 1.05. The Labute approximate surface area is 120 Å². The van der Waals surface area contributed by atoms with Crippen molar-refractivity contribution in [3.05, 3.63) is 58.9 Å². The van der Waals surface area contributed by atoms with Gasteiger partial charge in [-0.25, -0.2) is 0 Å². The molecule has 1 aromatic carbocycles. The Hall–Kier alpha value is -1.96. The van der Waals surface area contributed by atoms with Gasteiger partial charge in [-0.15, -0.1) is 0 Å². The highest BCUT2D eigenvalue weighted by molar-refractivity contribution is 6.22. The van der Waals surface area contributed by atoms with E-state index in [1.807, 2.05) is 18.6 Å². The van der Waals surface area contributed by atoms with Gasteiger partial charge in [0.25, 0.3) is 0 Å². The maximum absolute atomic E-state index is 4.50. The second kappa shape index (κ2) is 6.00. The van der Waals surface area contributed by atoms with Gasteiger partial charge in [0.2, 0.25) is 0 Å². The van der Waals surface area contributed by atoms with Gasteiger partial charge in [0.05, 0.1) is 5.71 Å². The number of benzene rings is 1. The summed E-state index contributed by atoms with van der Waals surface area (Å²) in [6, 6.07) is 8.84. The molecule has 0 spiro atoms. The van der Waals surface area contributed by atoms with Crippen LogP contribution in [-0.4, -0.2) is 11.9 Å². The van der Waals surface area contributed by atoms with Crippen molar-refractivity contribution in [1.82, 2.24) is 0 Å². The van der Waals surface area contributed by atoms with Gasteiger partial charge in [-0.1, -0.05) is 50.5 Å². The summed E-state index contributed by atoms with van der Waals surface area (Å²) in [4.78, 5) is 8.68. The van der Waals surface area contributed by atoms with E-state index in [1.54, 1.807) is 0 Å². The van der Waals surface area contributed by atoms with Crippen molar-refractivity contribution in [3.63, 3.8) is 0 Å².